The van der Waals surface area contributed by atoms with E-state index in [1.54, 1.807) is 6.92 Å². The van der Waals surface area contributed by atoms with Crippen LogP contribution in [0.1, 0.15) is 26.5 Å². The van der Waals surface area contributed by atoms with Crippen molar-refractivity contribution in [1.29, 1.82) is 0 Å². The average molecular weight is 284 g/mol. The highest BCUT2D eigenvalue weighted by Gasteiger charge is 2.23. The van der Waals surface area contributed by atoms with Gasteiger partial charge in [-0.3, -0.25) is 10.1 Å². The molecule has 1 rings (SSSR count). The molecule has 0 amide bonds. The first kappa shape index (κ1) is 16.1. The molecule has 0 saturated heterocycles. The molecule has 1 aromatic heterocycles. The van der Waals surface area contributed by atoms with Crippen LogP contribution in [0.3, 0.4) is 0 Å². The highest BCUT2D eigenvalue weighted by Crippen LogP contribution is 2.28. The van der Waals surface area contributed by atoms with Gasteiger partial charge in [-0.05, 0) is 27.7 Å². The minimum atomic E-state index is -0.538. The van der Waals surface area contributed by atoms with Crippen molar-refractivity contribution >= 4 is 11.6 Å². The van der Waals surface area contributed by atoms with E-state index in [0.717, 1.165) is 0 Å². The molecule has 0 aliphatic rings. The molecule has 112 valence electrons. The maximum Gasteiger partial charge on any atom is 0.352 e. The Balaban J connectivity index is 2.86. The summed E-state index contributed by atoms with van der Waals surface area (Å²) in [7, 11) is 0. The summed E-state index contributed by atoms with van der Waals surface area (Å²) in [4.78, 5) is 18.6. The predicted octanol–water partition coefficient (Wildman–Crippen LogP) is 1.93. The largest absolute Gasteiger partial charge is 0.470 e. The third-order valence-corrected chi connectivity index (χ3v) is 2.32. The van der Waals surface area contributed by atoms with E-state index in [1.807, 2.05) is 20.8 Å². The van der Waals surface area contributed by atoms with Crippen LogP contribution in [-0.4, -0.2) is 40.8 Å². The smallest absolute Gasteiger partial charge is 0.352 e. The van der Waals surface area contributed by atoms with E-state index in [0.29, 0.717) is 19.1 Å². The van der Waals surface area contributed by atoms with Crippen LogP contribution in [0.2, 0.25) is 0 Å². The van der Waals surface area contributed by atoms with E-state index >= 15 is 0 Å². The average Bonchev–Trinajstić information content (AvgIpc) is 2.33. The molecule has 0 atom stereocenters. The molecule has 8 heteroatoms. The Morgan fingerprint density at radius 1 is 1.35 bits per heavy atom. The molecule has 0 aliphatic carbocycles. The highest BCUT2D eigenvalue weighted by molar-refractivity contribution is 5.48. The van der Waals surface area contributed by atoms with Gasteiger partial charge in [0, 0.05) is 6.54 Å². The number of nitro groups is 1. The number of ether oxygens (including phenoxy) is 2. The van der Waals surface area contributed by atoms with Gasteiger partial charge in [-0.1, -0.05) is 0 Å². The molecule has 0 spiro atoms. The molecule has 8 nitrogen and oxygen atoms in total. The van der Waals surface area contributed by atoms with Gasteiger partial charge in [-0.15, -0.1) is 0 Å². The Labute approximate surface area is 117 Å². The van der Waals surface area contributed by atoms with Crippen molar-refractivity contribution in [2.45, 2.75) is 33.8 Å². The summed E-state index contributed by atoms with van der Waals surface area (Å²) in [6.07, 6.45) is 0.0815. The zero-order valence-electron chi connectivity index (χ0n) is 12.2. The molecule has 0 radical (unpaired) electrons. The second kappa shape index (κ2) is 7.59. The fourth-order valence-corrected chi connectivity index (χ4v) is 1.51. The summed E-state index contributed by atoms with van der Waals surface area (Å²) < 4.78 is 10.7. The first-order valence-corrected chi connectivity index (χ1v) is 6.47. The standard InChI is InChI=1S/C12H20N4O4/c1-5-13-12-14-9(4)10(16(17)18)11(15-12)20-7-6-19-8(2)3/h8H,5-7H2,1-4H3,(H,13,14,15). The van der Waals surface area contributed by atoms with E-state index in [1.165, 1.54) is 0 Å². The molecule has 1 heterocycles. The maximum atomic E-state index is 11.0. The monoisotopic (exact) mass is 284 g/mol. The molecule has 1 N–H and O–H groups in total. The summed E-state index contributed by atoms with van der Waals surface area (Å²) in [5.41, 5.74) is 0.0527. The van der Waals surface area contributed by atoms with E-state index in [-0.39, 0.29) is 30.0 Å². The third kappa shape index (κ3) is 4.61. The number of rotatable bonds is 8. The second-order valence-corrected chi connectivity index (χ2v) is 4.34. The Morgan fingerprint density at radius 3 is 2.60 bits per heavy atom. The van der Waals surface area contributed by atoms with Crippen molar-refractivity contribution in [3.05, 3.63) is 15.8 Å². The highest BCUT2D eigenvalue weighted by atomic mass is 16.6. The summed E-state index contributed by atoms with van der Waals surface area (Å²) in [6.45, 7) is 8.40. The normalized spacial score (nSPS) is 10.7. The number of nitrogens with one attached hydrogen (secondary N) is 1. The SMILES string of the molecule is CCNc1nc(C)c([N+](=O)[O-])c(OCCOC(C)C)n1. The maximum absolute atomic E-state index is 11.0. The second-order valence-electron chi connectivity index (χ2n) is 4.34. The minimum Gasteiger partial charge on any atom is -0.470 e. The summed E-state index contributed by atoms with van der Waals surface area (Å²) in [6, 6.07) is 0. The van der Waals surface area contributed by atoms with Gasteiger partial charge in [0.15, 0.2) is 0 Å². The number of hydrogen-bond donors (Lipinski definition) is 1. The van der Waals surface area contributed by atoms with Crippen LogP contribution in [0.5, 0.6) is 5.88 Å². The number of aromatic nitrogens is 2. The quantitative estimate of drug-likeness (QED) is 0.442. The number of aryl methyl sites for hydroxylation is 1. The van der Waals surface area contributed by atoms with Gasteiger partial charge in [0.05, 0.1) is 17.6 Å². The van der Waals surface area contributed by atoms with Crippen LogP contribution in [-0.2, 0) is 4.74 Å². The molecule has 0 fully saturated rings. The third-order valence-electron chi connectivity index (χ3n) is 2.32. The van der Waals surface area contributed by atoms with Crippen LogP contribution in [0.15, 0.2) is 0 Å². The molecular weight excluding hydrogens is 264 g/mol. The molecule has 20 heavy (non-hydrogen) atoms. The number of anilines is 1. The van der Waals surface area contributed by atoms with Gasteiger partial charge >= 0.3 is 5.69 Å². The van der Waals surface area contributed by atoms with E-state index in [2.05, 4.69) is 15.3 Å². The Morgan fingerprint density at radius 2 is 2.05 bits per heavy atom. The minimum absolute atomic E-state index is 0.0363. The molecule has 0 aliphatic heterocycles. The lowest BCUT2D eigenvalue weighted by Crippen LogP contribution is -2.14. The van der Waals surface area contributed by atoms with E-state index in [4.69, 9.17) is 9.47 Å². The van der Waals surface area contributed by atoms with Crippen LogP contribution in [0, 0.1) is 17.0 Å². The van der Waals surface area contributed by atoms with Crippen LogP contribution >= 0.6 is 0 Å². The first-order valence-electron chi connectivity index (χ1n) is 6.47. The number of hydrogen-bond acceptors (Lipinski definition) is 7. The van der Waals surface area contributed by atoms with Crippen molar-refractivity contribution in [3.8, 4) is 5.88 Å². The number of nitrogens with zero attached hydrogens (tertiary/aromatic N) is 3. The van der Waals surface area contributed by atoms with E-state index < -0.39 is 4.92 Å². The molecule has 0 aromatic carbocycles. The van der Waals surface area contributed by atoms with E-state index in [9.17, 15) is 10.1 Å². The van der Waals surface area contributed by atoms with Gasteiger partial charge in [0.2, 0.25) is 5.95 Å². The van der Waals surface area contributed by atoms with Crippen LogP contribution in [0.4, 0.5) is 11.6 Å². The van der Waals surface area contributed by atoms with Gasteiger partial charge in [0.25, 0.3) is 5.88 Å². The fourth-order valence-electron chi connectivity index (χ4n) is 1.51. The van der Waals surface area contributed by atoms with Gasteiger partial charge < -0.3 is 14.8 Å². The zero-order chi connectivity index (χ0) is 15.1. The summed E-state index contributed by atoms with van der Waals surface area (Å²) in [5, 5.41) is 14.0. The molecule has 1 aromatic rings. The topological polar surface area (TPSA) is 99.4 Å². The molecule has 0 unspecified atom stereocenters. The Kier molecular flexibility index (Phi) is 6.10. The van der Waals surface area contributed by atoms with Gasteiger partial charge in [-0.2, -0.15) is 4.98 Å². The van der Waals surface area contributed by atoms with Crippen molar-refractivity contribution in [3.63, 3.8) is 0 Å². The predicted molar refractivity (Wildman–Crippen MR) is 74.2 cm³/mol. The van der Waals surface area contributed by atoms with Crippen LogP contribution < -0.4 is 10.1 Å². The van der Waals surface area contributed by atoms with Gasteiger partial charge in [-0.25, -0.2) is 4.98 Å². The lowest BCUT2D eigenvalue weighted by atomic mass is 10.3. The van der Waals surface area contributed by atoms with Crippen molar-refractivity contribution in [2.24, 2.45) is 0 Å². The van der Waals surface area contributed by atoms with Crippen molar-refractivity contribution in [1.82, 2.24) is 9.97 Å². The van der Waals surface area contributed by atoms with Crippen molar-refractivity contribution in [2.75, 3.05) is 25.1 Å². The van der Waals surface area contributed by atoms with Crippen molar-refractivity contribution < 1.29 is 14.4 Å². The van der Waals surface area contributed by atoms with Gasteiger partial charge in [0.1, 0.15) is 12.3 Å². The molecular formula is C12H20N4O4. The Bertz CT molecular complexity index is 465. The molecule has 0 bridgehead atoms. The Hall–Kier alpha value is -1.96. The zero-order valence-corrected chi connectivity index (χ0v) is 12.2. The van der Waals surface area contributed by atoms with Crippen LogP contribution in [0.25, 0.3) is 0 Å². The summed E-state index contributed by atoms with van der Waals surface area (Å²) >= 11 is 0. The lowest BCUT2D eigenvalue weighted by Gasteiger charge is -2.11. The first-order chi connectivity index (χ1) is 9.45. The molecule has 0 saturated carbocycles. The fraction of sp³-hybridized carbons (Fsp3) is 0.667. The lowest BCUT2D eigenvalue weighted by molar-refractivity contribution is -0.387. The summed E-state index contributed by atoms with van der Waals surface area (Å²) in [5.74, 6) is 0.279.